The molecule has 2 aromatic rings. The van der Waals surface area contributed by atoms with E-state index in [0.717, 1.165) is 31.7 Å². The molecule has 1 fully saturated rings. The number of carbonyl (C=O) groups is 1. The zero-order chi connectivity index (χ0) is 19.1. The normalized spacial score (nSPS) is 18.0. The van der Waals surface area contributed by atoms with E-state index in [9.17, 15) is 4.79 Å². The number of ether oxygens (including phenoxy) is 1. The summed E-state index contributed by atoms with van der Waals surface area (Å²) in [7, 11) is 0. The largest absolute Gasteiger partial charge is 0.472 e. The van der Waals surface area contributed by atoms with E-state index in [0.29, 0.717) is 25.5 Å². The Bertz CT molecular complexity index is 685. The maximum atomic E-state index is 12.9. The Balaban J connectivity index is 1.58. The van der Waals surface area contributed by atoms with Gasteiger partial charge in [-0.15, -0.1) is 0 Å². The van der Waals surface area contributed by atoms with E-state index in [-0.39, 0.29) is 12.0 Å². The van der Waals surface area contributed by atoms with Gasteiger partial charge in [-0.2, -0.15) is 0 Å². The summed E-state index contributed by atoms with van der Waals surface area (Å²) >= 11 is 0. The van der Waals surface area contributed by atoms with Crippen LogP contribution in [0, 0.1) is 5.92 Å². The van der Waals surface area contributed by atoms with Gasteiger partial charge in [0.05, 0.1) is 31.7 Å². The highest BCUT2D eigenvalue weighted by Gasteiger charge is 2.25. The number of benzene rings is 1. The average Bonchev–Trinajstić information content (AvgIpc) is 3.15. The van der Waals surface area contributed by atoms with Crippen molar-refractivity contribution in [2.24, 2.45) is 5.92 Å². The number of hydrogen-bond donors (Lipinski definition) is 0. The van der Waals surface area contributed by atoms with Crippen molar-refractivity contribution in [1.82, 2.24) is 9.80 Å². The predicted octanol–water partition coefficient (Wildman–Crippen LogP) is 3.21. The van der Waals surface area contributed by atoms with Crippen molar-refractivity contribution >= 4 is 5.91 Å². The lowest BCUT2D eigenvalue weighted by atomic mass is 10.1. The van der Waals surface area contributed by atoms with Crippen LogP contribution in [0.15, 0.2) is 53.3 Å². The Hall–Kier alpha value is -2.11. The predicted molar refractivity (Wildman–Crippen MR) is 105 cm³/mol. The number of nitrogens with zero attached hydrogens (tertiary/aromatic N) is 2. The quantitative estimate of drug-likeness (QED) is 0.716. The molecule has 1 aromatic heterocycles. The Kier molecular flexibility index (Phi) is 7.07. The molecular weight excluding hydrogens is 340 g/mol. The summed E-state index contributed by atoms with van der Waals surface area (Å²) in [5.41, 5.74) is 2.23. The summed E-state index contributed by atoms with van der Waals surface area (Å²) in [6.45, 7) is 9.00. The molecule has 0 saturated carbocycles. The van der Waals surface area contributed by atoms with Crippen LogP contribution in [0.1, 0.15) is 25.0 Å². The molecule has 1 unspecified atom stereocenters. The topological polar surface area (TPSA) is 45.9 Å². The van der Waals surface area contributed by atoms with Crippen LogP contribution in [-0.2, 0) is 22.5 Å². The van der Waals surface area contributed by atoms with Gasteiger partial charge in [-0.3, -0.25) is 9.69 Å². The second kappa shape index (κ2) is 9.72. The van der Waals surface area contributed by atoms with Gasteiger partial charge in [0.25, 0.3) is 0 Å². The standard InChI is InChI=1S/C22H30N2O3/c1-18(2)13-24(22(25)12-19-6-4-3-5-7-19)16-21-15-23(9-11-27-21)14-20-8-10-26-17-20/h3-8,10,17-18,21H,9,11-16H2,1-2H3. The number of furan rings is 1. The molecule has 5 nitrogen and oxygen atoms in total. The molecule has 0 spiro atoms. The van der Waals surface area contributed by atoms with Gasteiger partial charge in [-0.1, -0.05) is 44.2 Å². The second-order valence-electron chi connectivity index (χ2n) is 7.71. The van der Waals surface area contributed by atoms with Crippen LogP contribution >= 0.6 is 0 Å². The monoisotopic (exact) mass is 370 g/mol. The summed E-state index contributed by atoms with van der Waals surface area (Å²) in [6, 6.07) is 12.0. The van der Waals surface area contributed by atoms with E-state index >= 15 is 0 Å². The van der Waals surface area contributed by atoms with Crippen LogP contribution in [0.3, 0.4) is 0 Å². The number of morpholine rings is 1. The molecule has 1 aromatic carbocycles. The molecule has 0 N–H and O–H groups in total. The van der Waals surface area contributed by atoms with Crippen molar-refractivity contribution in [1.29, 1.82) is 0 Å². The number of rotatable bonds is 8. The summed E-state index contributed by atoms with van der Waals surface area (Å²) in [4.78, 5) is 17.2. The van der Waals surface area contributed by atoms with E-state index < -0.39 is 0 Å². The molecule has 1 amide bonds. The molecule has 0 aliphatic carbocycles. The Morgan fingerprint density at radius 3 is 2.74 bits per heavy atom. The van der Waals surface area contributed by atoms with Crippen LogP contribution in [0.25, 0.3) is 0 Å². The first-order valence-corrected chi connectivity index (χ1v) is 9.77. The van der Waals surface area contributed by atoms with Gasteiger partial charge in [-0.05, 0) is 17.5 Å². The highest BCUT2D eigenvalue weighted by molar-refractivity contribution is 5.78. The Morgan fingerprint density at radius 2 is 2.04 bits per heavy atom. The van der Waals surface area contributed by atoms with Crippen molar-refractivity contribution in [3.63, 3.8) is 0 Å². The van der Waals surface area contributed by atoms with Crippen molar-refractivity contribution in [2.45, 2.75) is 32.9 Å². The zero-order valence-corrected chi connectivity index (χ0v) is 16.3. The third-order valence-electron chi connectivity index (χ3n) is 4.77. The third-order valence-corrected chi connectivity index (χ3v) is 4.77. The van der Waals surface area contributed by atoms with Crippen LogP contribution < -0.4 is 0 Å². The van der Waals surface area contributed by atoms with Crippen LogP contribution in [0.2, 0.25) is 0 Å². The van der Waals surface area contributed by atoms with Crippen molar-refractivity contribution in [2.75, 3.05) is 32.8 Å². The summed E-state index contributed by atoms with van der Waals surface area (Å²) < 4.78 is 11.1. The van der Waals surface area contributed by atoms with Gasteiger partial charge in [0.15, 0.2) is 0 Å². The van der Waals surface area contributed by atoms with Gasteiger partial charge >= 0.3 is 0 Å². The third kappa shape index (κ3) is 6.22. The zero-order valence-electron chi connectivity index (χ0n) is 16.3. The van der Waals surface area contributed by atoms with E-state index in [2.05, 4.69) is 18.7 Å². The molecule has 0 radical (unpaired) electrons. The molecule has 3 rings (SSSR count). The molecule has 146 valence electrons. The second-order valence-corrected chi connectivity index (χ2v) is 7.71. The lowest BCUT2D eigenvalue weighted by Gasteiger charge is -2.36. The molecule has 2 heterocycles. The van der Waals surface area contributed by atoms with Crippen molar-refractivity contribution in [3.05, 3.63) is 60.1 Å². The molecular formula is C22H30N2O3. The van der Waals surface area contributed by atoms with Gasteiger partial charge in [0, 0.05) is 38.3 Å². The molecule has 0 bridgehead atoms. The van der Waals surface area contributed by atoms with Crippen LogP contribution in [-0.4, -0.2) is 54.6 Å². The van der Waals surface area contributed by atoms with Gasteiger partial charge in [0.2, 0.25) is 5.91 Å². The lowest BCUT2D eigenvalue weighted by molar-refractivity contribution is -0.134. The SMILES string of the molecule is CC(C)CN(CC1CN(Cc2ccoc2)CCO1)C(=O)Cc1ccccc1. The minimum atomic E-state index is 0.0455. The fraction of sp³-hybridized carbons (Fsp3) is 0.500. The summed E-state index contributed by atoms with van der Waals surface area (Å²) in [5.74, 6) is 0.598. The Labute approximate surface area is 161 Å². The van der Waals surface area contributed by atoms with Crippen molar-refractivity contribution < 1.29 is 13.9 Å². The molecule has 27 heavy (non-hydrogen) atoms. The average molecular weight is 370 g/mol. The van der Waals surface area contributed by atoms with Crippen LogP contribution in [0.5, 0.6) is 0 Å². The fourth-order valence-electron chi connectivity index (χ4n) is 3.52. The van der Waals surface area contributed by atoms with E-state index in [1.807, 2.05) is 41.3 Å². The number of amides is 1. The van der Waals surface area contributed by atoms with Gasteiger partial charge in [-0.25, -0.2) is 0 Å². The summed E-state index contributed by atoms with van der Waals surface area (Å²) in [6.07, 6.45) is 3.99. The van der Waals surface area contributed by atoms with E-state index in [1.54, 1.807) is 12.5 Å². The first kappa shape index (κ1) is 19.6. The van der Waals surface area contributed by atoms with Crippen molar-refractivity contribution in [3.8, 4) is 0 Å². The maximum Gasteiger partial charge on any atom is 0.227 e. The molecule has 1 atom stereocenters. The van der Waals surface area contributed by atoms with Gasteiger partial charge in [0.1, 0.15) is 0 Å². The molecule has 1 aliphatic heterocycles. The fourth-order valence-corrected chi connectivity index (χ4v) is 3.52. The minimum absolute atomic E-state index is 0.0455. The Morgan fingerprint density at radius 1 is 1.22 bits per heavy atom. The number of hydrogen-bond acceptors (Lipinski definition) is 4. The van der Waals surface area contributed by atoms with Gasteiger partial charge < -0.3 is 14.1 Å². The molecule has 1 aliphatic rings. The summed E-state index contributed by atoms with van der Waals surface area (Å²) in [5, 5.41) is 0. The maximum absolute atomic E-state index is 12.9. The molecule has 1 saturated heterocycles. The number of carbonyl (C=O) groups excluding carboxylic acids is 1. The molecule has 5 heteroatoms. The highest BCUT2D eigenvalue weighted by atomic mass is 16.5. The first-order valence-electron chi connectivity index (χ1n) is 9.77. The smallest absolute Gasteiger partial charge is 0.227 e. The highest BCUT2D eigenvalue weighted by Crippen LogP contribution is 2.14. The lowest BCUT2D eigenvalue weighted by Crippen LogP contribution is -2.49. The van der Waals surface area contributed by atoms with Crippen LogP contribution in [0.4, 0.5) is 0 Å². The van der Waals surface area contributed by atoms with E-state index in [1.165, 1.54) is 5.56 Å². The van der Waals surface area contributed by atoms with E-state index in [4.69, 9.17) is 9.15 Å². The first-order chi connectivity index (χ1) is 13.1. The minimum Gasteiger partial charge on any atom is -0.472 e.